The number of aliphatic hydroxyl groups is 8. The van der Waals surface area contributed by atoms with Gasteiger partial charge in [-0.2, -0.15) is 0 Å². The van der Waals surface area contributed by atoms with Gasteiger partial charge in [0.15, 0.2) is 12.6 Å². The van der Waals surface area contributed by atoms with Crippen LogP contribution < -0.4 is 5.32 Å². The van der Waals surface area contributed by atoms with Gasteiger partial charge in [0, 0.05) is 6.42 Å². The van der Waals surface area contributed by atoms with Crippen LogP contribution >= 0.6 is 0 Å². The van der Waals surface area contributed by atoms with Crippen LogP contribution in [0, 0.1) is 0 Å². The quantitative estimate of drug-likeness (QED) is 0.0204. The first-order valence-electron chi connectivity index (χ1n) is 33.7. The number of hydrogen-bond donors (Lipinski definition) is 9. The minimum absolute atomic E-state index is 0.204. The Morgan fingerprint density at radius 1 is 0.444 bits per heavy atom. The maximum atomic E-state index is 13.3. The van der Waals surface area contributed by atoms with Crippen LogP contribution in [0.15, 0.2) is 36.5 Å². The smallest absolute Gasteiger partial charge is 0.220 e. The van der Waals surface area contributed by atoms with Crippen molar-refractivity contribution in [3.63, 3.8) is 0 Å². The number of carbonyl (C=O) groups excluding carboxylic acids is 1. The minimum Gasteiger partial charge on any atom is -0.394 e. The molecule has 9 N–H and O–H groups in total. The van der Waals surface area contributed by atoms with Crippen molar-refractivity contribution >= 4 is 5.91 Å². The van der Waals surface area contributed by atoms with Crippen molar-refractivity contribution in [3.8, 4) is 0 Å². The lowest BCUT2D eigenvalue weighted by molar-refractivity contribution is -0.359. The van der Waals surface area contributed by atoms with E-state index in [1.165, 1.54) is 199 Å². The fourth-order valence-corrected chi connectivity index (χ4v) is 11.2. The van der Waals surface area contributed by atoms with Gasteiger partial charge in [0.05, 0.1) is 32.0 Å². The summed E-state index contributed by atoms with van der Waals surface area (Å²) in [5.74, 6) is -0.204. The number of nitrogens with one attached hydrogen (secondary N) is 1. The Labute approximate surface area is 493 Å². The fourth-order valence-electron chi connectivity index (χ4n) is 11.2. The number of unbranched alkanes of at least 4 members (excludes halogenated alkanes) is 36. The Balaban J connectivity index is 1.67. The van der Waals surface area contributed by atoms with Gasteiger partial charge in [-0.05, 0) is 51.4 Å². The molecule has 81 heavy (non-hydrogen) atoms. The molecule has 0 aromatic rings. The van der Waals surface area contributed by atoms with E-state index in [4.69, 9.17) is 18.9 Å². The SMILES string of the molecule is CCCCCCC/C=C\C/C=C\C/C=C\CCCCCCCCCCCCCCCCC(=O)NC(COC1OC(CO)C(OC2OC(CO)C(O)C(O)C2O)C(O)C1O)C(O)CCCCCCCCCCCCCCCCCCCC. The van der Waals surface area contributed by atoms with Crippen LogP contribution in [-0.4, -0.2) is 140 Å². The Hall–Kier alpha value is -1.79. The third kappa shape index (κ3) is 37.4. The molecular formula is C67H125NO13. The summed E-state index contributed by atoms with van der Waals surface area (Å²) in [6, 6.07) is -0.829. The van der Waals surface area contributed by atoms with Gasteiger partial charge in [0.25, 0.3) is 0 Å². The molecule has 0 bridgehead atoms. The van der Waals surface area contributed by atoms with Gasteiger partial charge in [0.1, 0.15) is 48.8 Å². The third-order valence-corrected chi connectivity index (χ3v) is 16.6. The van der Waals surface area contributed by atoms with E-state index in [2.05, 4.69) is 55.6 Å². The highest BCUT2D eigenvalue weighted by Gasteiger charge is 2.51. The third-order valence-electron chi connectivity index (χ3n) is 16.6. The predicted octanol–water partition coefficient (Wildman–Crippen LogP) is 13.0. The molecule has 2 aliphatic rings. The molecule has 2 heterocycles. The molecule has 14 nitrogen and oxygen atoms in total. The van der Waals surface area contributed by atoms with Crippen molar-refractivity contribution < 1.29 is 64.6 Å². The van der Waals surface area contributed by atoms with Crippen molar-refractivity contribution in [3.05, 3.63) is 36.5 Å². The average Bonchev–Trinajstić information content (AvgIpc) is 3.47. The number of allylic oxidation sites excluding steroid dienone is 6. The topological polar surface area (TPSA) is 228 Å². The molecule has 0 spiro atoms. The number of aliphatic hydroxyl groups excluding tert-OH is 8. The standard InChI is InChI=1S/C67H125NO13/c1-3-5-7-9-11-13-15-17-19-21-23-24-25-26-27-28-29-30-31-32-33-35-37-39-41-43-45-47-49-51-59(72)68-55(56(71)50-48-46-44-42-40-38-36-34-22-20-18-16-14-12-10-8-6-4-2)54-78-66-64(77)62(75)65(58(53-70)80-66)81-67-63(76)61(74)60(73)57(52-69)79-67/h15,17,21,23,25-26,55-58,60-67,69-71,73-77H,3-14,16,18-20,22,24,27-54H2,1-2H3,(H,68,72)/b17-15-,23-21-,26-25-. The first-order chi connectivity index (χ1) is 39.6. The fraction of sp³-hybridized carbons (Fsp3) is 0.896. The Bertz CT molecular complexity index is 1500. The number of ether oxygens (including phenoxy) is 4. The van der Waals surface area contributed by atoms with E-state index >= 15 is 0 Å². The molecule has 14 heteroatoms. The van der Waals surface area contributed by atoms with Crippen molar-refractivity contribution in [2.45, 2.75) is 364 Å². The van der Waals surface area contributed by atoms with Crippen LogP contribution in [-0.2, 0) is 23.7 Å². The van der Waals surface area contributed by atoms with E-state index in [1.807, 2.05) is 0 Å². The number of rotatable bonds is 55. The van der Waals surface area contributed by atoms with Gasteiger partial charge in [-0.3, -0.25) is 4.79 Å². The second kappa shape index (κ2) is 52.5. The lowest BCUT2D eigenvalue weighted by atomic mass is 9.97. The van der Waals surface area contributed by atoms with Gasteiger partial charge in [-0.25, -0.2) is 0 Å². The molecule has 0 aromatic heterocycles. The molecule has 12 atom stereocenters. The molecule has 0 radical (unpaired) electrons. The molecular weight excluding hydrogens is 1030 g/mol. The Morgan fingerprint density at radius 2 is 0.815 bits per heavy atom. The second-order valence-electron chi connectivity index (χ2n) is 24.0. The second-order valence-corrected chi connectivity index (χ2v) is 24.0. The molecule has 2 saturated heterocycles. The molecule has 2 rings (SSSR count). The molecule has 0 saturated carbocycles. The summed E-state index contributed by atoms with van der Waals surface area (Å²) in [7, 11) is 0. The molecule has 2 aliphatic heterocycles. The van der Waals surface area contributed by atoms with Crippen LogP contribution in [0.5, 0.6) is 0 Å². The summed E-state index contributed by atoms with van der Waals surface area (Å²) in [6.07, 6.45) is 48.6. The predicted molar refractivity (Wildman–Crippen MR) is 328 cm³/mol. The van der Waals surface area contributed by atoms with Crippen LogP contribution in [0.3, 0.4) is 0 Å². The summed E-state index contributed by atoms with van der Waals surface area (Å²) >= 11 is 0. The van der Waals surface area contributed by atoms with E-state index in [9.17, 15) is 45.6 Å². The van der Waals surface area contributed by atoms with Crippen LogP contribution in [0.25, 0.3) is 0 Å². The highest BCUT2D eigenvalue weighted by molar-refractivity contribution is 5.76. The van der Waals surface area contributed by atoms with Gasteiger partial charge in [0.2, 0.25) is 5.91 Å². The van der Waals surface area contributed by atoms with Crippen LogP contribution in [0.1, 0.15) is 290 Å². The molecule has 0 aromatic carbocycles. The summed E-state index contributed by atoms with van der Waals surface area (Å²) in [5, 5.41) is 87.5. The van der Waals surface area contributed by atoms with E-state index in [0.29, 0.717) is 12.8 Å². The summed E-state index contributed by atoms with van der Waals surface area (Å²) in [6.45, 7) is 2.88. The summed E-state index contributed by atoms with van der Waals surface area (Å²) < 4.78 is 22.9. The minimum atomic E-state index is -1.78. The lowest BCUT2D eigenvalue weighted by Crippen LogP contribution is -2.65. The zero-order valence-corrected chi connectivity index (χ0v) is 51.5. The Morgan fingerprint density at radius 3 is 1.25 bits per heavy atom. The first-order valence-corrected chi connectivity index (χ1v) is 33.7. The van der Waals surface area contributed by atoms with E-state index in [-0.39, 0.29) is 12.5 Å². The largest absolute Gasteiger partial charge is 0.394 e. The monoisotopic (exact) mass is 1150 g/mol. The van der Waals surface area contributed by atoms with Gasteiger partial charge in [-0.1, -0.05) is 269 Å². The summed E-state index contributed by atoms with van der Waals surface area (Å²) in [5.41, 5.74) is 0. The zero-order valence-electron chi connectivity index (χ0n) is 51.5. The van der Waals surface area contributed by atoms with Crippen molar-refractivity contribution in [2.75, 3.05) is 19.8 Å². The van der Waals surface area contributed by atoms with Crippen molar-refractivity contribution in [1.82, 2.24) is 5.32 Å². The average molecular weight is 1150 g/mol. The van der Waals surface area contributed by atoms with Crippen LogP contribution in [0.4, 0.5) is 0 Å². The maximum absolute atomic E-state index is 13.3. The molecule has 476 valence electrons. The van der Waals surface area contributed by atoms with Crippen molar-refractivity contribution in [1.29, 1.82) is 0 Å². The van der Waals surface area contributed by atoms with Gasteiger partial charge >= 0.3 is 0 Å². The normalized spacial score (nSPS) is 24.3. The maximum Gasteiger partial charge on any atom is 0.220 e. The zero-order chi connectivity index (χ0) is 58.8. The van der Waals surface area contributed by atoms with E-state index in [1.54, 1.807) is 0 Å². The first kappa shape index (κ1) is 75.3. The molecule has 2 fully saturated rings. The molecule has 12 unspecified atom stereocenters. The highest BCUT2D eigenvalue weighted by atomic mass is 16.7. The summed E-state index contributed by atoms with van der Waals surface area (Å²) in [4.78, 5) is 13.3. The number of hydrogen-bond acceptors (Lipinski definition) is 13. The lowest BCUT2D eigenvalue weighted by Gasteiger charge is -2.46. The van der Waals surface area contributed by atoms with Gasteiger partial charge < -0.3 is 65.1 Å². The van der Waals surface area contributed by atoms with Crippen LogP contribution in [0.2, 0.25) is 0 Å². The molecule has 0 aliphatic carbocycles. The number of amides is 1. The highest BCUT2D eigenvalue weighted by Crippen LogP contribution is 2.30. The van der Waals surface area contributed by atoms with Crippen molar-refractivity contribution in [2.24, 2.45) is 0 Å². The Kier molecular flexibility index (Phi) is 48.8. The molecule has 1 amide bonds. The number of carbonyl (C=O) groups is 1. The van der Waals surface area contributed by atoms with E-state index in [0.717, 1.165) is 64.2 Å². The van der Waals surface area contributed by atoms with E-state index < -0.39 is 86.8 Å². The van der Waals surface area contributed by atoms with Gasteiger partial charge in [-0.15, -0.1) is 0 Å².